The molecule has 0 aliphatic carbocycles. The first-order valence-electron chi connectivity index (χ1n) is 6.49. The summed E-state index contributed by atoms with van der Waals surface area (Å²) in [6.45, 7) is 1.85. The molecule has 0 atom stereocenters. The lowest BCUT2D eigenvalue weighted by atomic mass is 10.3. The third-order valence-corrected chi connectivity index (χ3v) is 4.29. The Morgan fingerprint density at radius 3 is 2.70 bits per heavy atom. The number of nitrogens with one attached hydrogen (secondary N) is 1. The number of aromatic nitrogens is 2. The smallest absolute Gasteiger partial charge is 0.269 e. The standard InChI is InChI=1S/C13H11ClN6O2S/c1-7-10-11(17-12(14)15-7)19(2)18-13(23-10)16-8-3-5-9(6-4-8)20(21)22/h3-6H,1-2H3,(H,16,18). The number of aliphatic imine (C=N–C) groups is 1. The fourth-order valence-corrected chi connectivity index (χ4v) is 3.19. The average Bonchev–Trinajstić information content (AvgIpc) is 2.49. The topological polar surface area (TPSA) is 96.5 Å². The summed E-state index contributed by atoms with van der Waals surface area (Å²) in [5.74, 6) is 0.676. The number of nitro groups is 1. The Morgan fingerprint density at radius 1 is 1.35 bits per heavy atom. The third-order valence-electron chi connectivity index (χ3n) is 3.06. The number of aryl methyl sites for hydroxylation is 1. The van der Waals surface area contributed by atoms with Crippen LogP contribution >= 0.6 is 23.4 Å². The molecule has 23 heavy (non-hydrogen) atoms. The van der Waals surface area contributed by atoms with Crippen molar-refractivity contribution in [3.05, 3.63) is 45.4 Å². The molecule has 2 aromatic rings. The number of fused-ring (bicyclic) bond motifs is 1. The second-order valence-electron chi connectivity index (χ2n) is 4.69. The number of hydrazine groups is 1. The van der Waals surface area contributed by atoms with E-state index >= 15 is 0 Å². The lowest BCUT2D eigenvalue weighted by Crippen LogP contribution is -2.41. The van der Waals surface area contributed by atoms with E-state index in [0.29, 0.717) is 16.7 Å². The summed E-state index contributed by atoms with van der Waals surface area (Å²) < 4.78 is 0. The maximum absolute atomic E-state index is 10.7. The second kappa shape index (κ2) is 6.01. The highest BCUT2D eigenvalue weighted by molar-refractivity contribution is 8.14. The maximum atomic E-state index is 10.7. The van der Waals surface area contributed by atoms with Crippen LogP contribution in [0.15, 0.2) is 34.2 Å². The van der Waals surface area contributed by atoms with E-state index in [2.05, 4.69) is 20.4 Å². The number of nitrogens with zero attached hydrogens (tertiary/aromatic N) is 5. The molecule has 0 spiro atoms. The van der Waals surface area contributed by atoms with Crippen LogP contribution in [0.5, 0.6) is 0 Å². The van der Waals surface area contributed by atoms with Crippen molar-refractivity contribution in [3.8, 4) is 0 Å². The zero-order valence-corrected chi connectivity index (χ0v) is 13.7. The molecule has 1 aliphatic heterocycles. The summed E-state index contributed by atoms with van der Waals surface area (Å²) in [6, 6.07) is 6.01. The number of amidine groups is 1. The van der Waals surface area contributed by atoms with Gasteiger partial charge in [-0.05, 0) is 42.4 Å². The first kappa shape index (κ1) is 15.5. The summed E-state index contributed by atoms with van der Waals surface area (Å²) in [5.41, 5.74) is 4.47. The van der Waals surface area contributed by atoms with E-state index in [1.165, 1.54) is 23.9 Å². The number of benzene rings is 1. The predicted molar refractivity (Wildman–Crippen MR) is 89.4 cm³/mol. The molecule has 2 heterocycles. The van der Waals surface area contributed by atoms with Gasteiger partial charge in [-0.1, -0.05) is 0 Å². The molecule has 1 N–H and O–H groups in total. The monoisotopic (exact) mass is 350 g/mol. The lowest BCUT2D eigenvalue weighted by molar-refractivity contribution is -0.384. The van der Waals surface area contributed by atoms with Crippen LogP contribution in [0.25, 0.3) is 0 Å². The molecule has 0 fully saturated rings. The highest BCUT2D eigenvalue weighted by Gasteiger charge is 2.23. The molecular formula is C13H11ClN6O2S. The highest BCUT2D eigenvalue weighted by Crippen LogP contribution is 2.35. The molecular weight excluding hydrogens is 340 g/mol. The minimum Gasteiger partial charge on any atom is -0.275 e. The zero-order valence-electron chi connectivity index (χ0n) is 12.1. The Balaban J connectivity index is 1.91. The van der Waals surface area contributed by atoms with Crippen LogP contribution in [0.4, 0.5) is 17.2 Å². The Bertz CT molecular complexity index is 811. The molecule has 8 nitrogen and oxygen atoms in total. The number of non-ortho nitro benzene ring substituents is 1. The zero-order chi connectivity index (χ0) is 16.6. The van der Waals surface area contributed by atoms with Crippen LogP contribution in [0.2, 0.25) is 5.28 Å². The van der Waals surface area contributed by atoms with Gasteiger partial charge in [0.2, 0.25) is 5.28 Å². The Hall–Kier alpha value is -2.39. The van der Waals surface area contributed by atoms with E-state index < -0.39 is 4.92 Å². The summed E-state index contributed by atoms with van der Waals surface area (Å²) in [4.78, 5) is 23.9. The Labute approximate surface area is 140 Å². The molecule has 118 valence electrons. The quantitative estimate of drug-likeness (QED) is 0.505. The van der Waals surface area contributed by atoms with Crippen molar-refractivity contribution in [2.75, 3.05) is 12.1 Å². The number of nitro benzene ring substituents is 1. The first-order valence-corrected chi connectivity index (χ1v) is 7.69. The second-order valence-corrected chi connectivity index (χ2v) is 6.03. The SMILES string of the molecule is Cc1nc(Cl)nc2c1SC(=Nc1ccc([N+](=O)[O-])cc1)NN2C. The Kier molecular flexibility index (Phi) is 4.05. The minimum atomic E-state index is -0.445. The summed E-state index contributed by atoms with van der Waals surface area (Å²) in [5, 5.41) is 13.2. The van der Waals surface area contributed by atoms with Crippen molar-refractivity contribution in [2.45, 2.75) is 11.8 Å². The van der Waals surface area contributed by atoms with Gasteiger partial charge in [-0.25, -0.2) is 9.98 Å². The van der Waals surface area contributed by atoms with Gasteiger partial charge in [0, 0.05) is 19.2 Å². The van der Waals surface area contributed by atoms with Gasteiger partial charge in [0.05, 0.1) is 21.2 Å². The van der Waals surface area contributed by atoms with Crippen molar-refractivity contribution in [1.82, 2.24) is 15.4 Å². The van der Waals surface area contributed by atoms with Crippen LogP contribution in [-0.2, 0) is 0 Å². The number of halogens is 1. The van der Waals surface area contributed by atoms with Crippen molar-refractivity contribution in [3.63, 3.8) is 0 Å². The molecule has 10 heteroatoms. The molecule has 1 aromatic carbocycles. The van der Waals surface area contributed by atoms with Gasteiger partial charge >= 0.3 is 0 Å². The molecule has 0 bridgehead atoms. The number of hydrogen-bond acceptors (Lipinski definition) is 7. The van der Waals surface area contributed by atoms with Gasteiger partial charge in [0.1, 0.15) is 0 Å². The van der Waals surface area contributed by atoms with Crippen LogP contribution < -0.4 is 10.4 Å². The molecule has 1 aromatic heterocycles. The van der Waals surface area contributed by atoms with E-state index in [1.54, 1.807) is 24.2 Å². The van der Waals surface area contributed by atoms with Crippen LogP contribution in [-0.4, -0.2) is 27.1 Å². The van der Waals surface area contributed by atoms with E-state index in [0.717, 1.165) is 10.6 Å². The Morgan fingerprint density at radius 2 is 2.04 bits per heavy atom. The molecule has 0 saturated carbocycles. The summed E-state index contributed by atoms with van der Waals surface area (Å²) in [7, 11) is 1.80. The van der Waals surface area contributed by atoms with Gasteiger partial charge in [-0.3, -0.25) is 20.5 Å². The number of rotatable bonds is 2. The van der Waals surface area contributed by atoms with Crippen molar-refractivity contribution < 1.29 is 4.92 Å². The molecule has 0 radical (unpaired) electrons. The van der Waals surface area contributed by atoms with Crippen LogP contribution in [0.1, 0.15) is 5.69 Å². The van der Waals surface area contributed by atoms with Gasteiger partial charge in [0.15, 0.2) is 11.0 Å². The number of hydrogen-bond donors (Lipinski definition) is 1. The third kappa shape index (κ3) is 3.20. The van der Waals surface area contributed by atoms with Crippen LogP contribution in [0.3, 0.4) is 0 Å². The normalized spacial score (nSPS) is 15.3. The van der Waals surface area contributed by atoms with E-state index in [9.17, 15) is 10.1 Å². The van der Waals surface area contributed by atoms with Gasteiger partial charge in [-0.15, -0.1) is 0 Å². The van der Waals surface area contributed by atoms with E-state index in [-0.39, 0.29) is 11.0 Å². The molecule has 0 unspecified atom stereocenters. The number of thioether (sulfide) groups is 1. The van der Waals surface area contributed by atoms with Gasteiger partial charge < -0.3 is 0 Å². The van der Waals surface area contributed by atoms with Gasteiger partial charge in [0.25, 0.3) is 5.69 Å². The predicted octanol–water partition coefficient (Wildman–Crippen LogP) is 3.08. The molecule has 1 aliphatic rings. The summed E-state index contributed by atoms with van der Waals surface area (Å²) >= 11 is 7.26. The van der Waals surface area contributed by atoms with Crippen LogP contribution in [0, 0.1) is 17.0 Å². The lowest BCUT2D eigenvalue weighted by Gasteiger charge is -2.28. The average molecular weight is 351 g/mol. The largest absolute Gasteiger partial charge is 0.275 e. The van der Waals surface area contributed by atoms with Crippen molar-refractivity contribution in [2.24, 2.45) is 4.99 Å². The highest BCUT2D eigenvalue weighted by atomic mass is 35.5. The van der Waals surface area contributed by atoms with Crippen molar-refractivity contribution >= 4 is 45.7 Å². The van der Waals surface area contributed by atoms with E-state index in [4.69, 9.17) is 11.6 Å². The van der Waals surface area contributed by atoms with Crippen molar-refractivity contribution in [1.29, 1.82) is 0 Å². The van der Waals surface area contributed by atoms with Gasteiger partial charge in [-0.2, -0.15) is 4.98 Å². The maximum Gasteiger partial charge on any atom is 0.269 e. The molecule has 0 saturated heterocycles. The number of anilines is 1. The molecule has 3 rings (SSSR count). The summed E-state index contributed by atoms with van der Waals surface area (Å²) in [6.07, 6.45) is 0. The molecule has 0 amide bonds. The van der Waals surface area contributed by atoms with E-state index in [1.807, 2.05) is 6.92 Å². The fraction of sp³-hybridized carbons (Fsp3) is 0.154. The fourth-order valence-electron chi connectivity index (χ4n) is 1.99. The first-order chi connectivity index (χ1) is 10.9. The minimum absolute atomic E-state index is 0.0274.